The van der Waals surface area contributed by atoms with Crippen LogP contribution in [0.25, 0.3) is 0 Å². The SMILES string of the molecule is Nc1cc([N+](=O)[O-])cc(C(F)(F)F)c1F. The largest absolute Gasteiger partial charge is 0.419 e. The van der Waals surface area contributed by atoms with Crippen molar-refractivity contribution in [1.82, 2.24) is 0 Å². The van der Waals surface area contributed by atoms with Gasteiger partial charge in [-0.15, -0.1) is 0 Å². The lowest BCUT2D eigenvalue weighted by Gasteiger charge is -2.08. The lowest BCUT2D eigenvalue weighted by Crippen LogP contribution is -2.10. The van der Waals surface area contributed by atoms with Crippen LogP contribution in [0.5, 0.6) is 0 Å². The Bertz CT molecular complexity index is 416. The molecule has 0 amide bonds. The summed E-state index contributed by atoms with van der Waals surface area (Å²) >= 11 is 0. The van der Waals surface area contributed by atoms with Crippen molar-refractivity contribution in [2.24, 2.45) is 0 Å². The van der Waals surface area contributed by atoms with Crippen LogP contribution < -0.4 is 5.73 Å². The van der Waals surface area contributed by atoms with Crippen molar-refractivity contribution in [3.8, 4) is 0 Å². The van der Waals surface area contributed by atoms with Crippen LogP contribution in [0, 0.1) is 15.9 Å². The second-order valence-corrected chi connectivity index (χ2v) is 2.65. The Kier molecular flexibility index (Phi) is 2.52. The number of nitrogens with zero attached hydrogens (tertiary/aromatic N) is 1. The molecule has 0 aliphatic carbocycles. The normalized spacial score (nSPS) is 11.5. The molecule has 0 heterocycles. The fourth-order valence-electron chi connectivity index (χ4n) is 0.943. The molecule has 0 radical (unpaired) electrons. The van der Waals surface area contributed by atoms with Gasteiger partial charge in [0, 0.05) is 12.1 Å². The van der Waals surface area contributed by atoms with Crippen molar-refractivity contribution in [3.63, 3.8) is 0 Å². The second kappa shape index (κ2) is 3.37. The molecule has 82 valence electrons. The number of nitro benzene ring substituents is 1. The van der Waals surface area contributed by atoms with Gasteiger partial charge in [0.15, 0.2) is 5.82 Å². The predicted octanol–water partition coefficient (Wildman–Crippen LogP) is 2.33. The van der Waals surface area contributed by atoms with E-state index in [2.05, 4.69) is 0 Å². The molecule has 0 saturated heterocycles. The molecular weight excluding hydrogens is 220 g/mol. The fourth-order valence-corrected chi connectivity index (χ4v) is 0.943. The summed E-state index contributed by atoms with van der Waals surface area (Å²) in [6, 6.07) is 0.635. The number of halogens is 4. The Balaban J connectivity index is 3.45. The van der Waals surface area contributed by atoms with Crippen molar-refractivity contribution in [1.29, 1.82) is 0 Å². The van der Waals surface area contributed by atoms with Crippen molar-refractivity contribution in [2.45, 2.75) is 6.18 Å². The molecule has 2 N–H and O–H groups in total. The summed E-state index contributed by atoms with van der Waals surface area (Å²) in [7, 11) is 0. The zero-order valence-electron chi connectivity index (χ0n) is 7.01. The molecular formula is C7H4F4N2O2. The van der Waals surface area contributed by atoms with E-state index < -0.39 is 33.9 Å². The van der Waals surface area contributed by atoms with Gasteiger partial charge in [0.2, 0.25) is 0 Å². The van der Waals surface area contributed by atoms with Crippen LogP contribution in [0.3, 0.4) is 0 Å². The number of non-ortho nitro benzene ring substituents is 1. The van der Waals surface area contributed by atoms with Crippen molar-refractivity contribution in [3.05, 3.63) is 33.6 Å². The molecule has 8 heteroatoms. The van der Waals surface area contributed by atoms with Gasteiger partial charge in [0.1, 0.15) is 5.56 Å². The van der Waals surface area contributed by atoms with Gasteiger partial charge < -0.3 is 5.73 Å². The Morgan fingerprint density at radius 2 is 1.87 bits per heavy atom. The number of anilines is 1. The number of hydrogen-bond acceptors (Lipinski definition) is 3. The maximum atomic E-state index is 12.9. The Morgan fingerprint density at radius 3 is 2.27 bits per heavy atom. The molecule has 0 aromatic heterocycles. The topological polar surface area (TPSA) is 69.2 Å². The smallest absolute Gasteiger partial charge is 0.396 e. The van der Waals surface area contributed by atoms with Gasteiger partial charge in [-0.3, -0.25) is 10.1 Å². The fraction of sp³-hybridized carbons (Fsp3) is 0.143. The molecule has 0 fully saturated rings. The average Bonchev–Trinajstić information content (AvgIpc) is 2.06. The minimum atomic E-state index is -5.01. The molecule has 0 unspecified atom stereocenters. The van der Waals surface area contributed by atoms with E-state index >= 15 is 0 Å². The molecule has 0 spiro atoms. The quantitative estimate of drug-likeness (QED) is 0.344. The molecule has 0 bridgehead atoms. The summed E-state index contributed by atoms with van der Waals surface area (Å²) in [6.07, 6.45) is -5.01. The van der Waals surface area contributed by atoms with Gasteiger partial charge in [-0.05, 0) is 0 Å². The molecule has 0 saturated carbocycles. The molecule has 0 aliphatic heterocycles. The summed E-state index contributed by atoms with van der Waals surface area (Å²) in [6.45, 7) is 0. The Labute approximate surface area is 80.5 Å². The maximum absolute atomic E-state index is 12.9. The number of nitrogens with two attached hydrogens (primary N) is 1. The maximum Gasteiger partial charge on any atom is 0.419 e. The molecule has 1 rings (SSSR count). The number of rotatable bonds is 1. The number of hydrogen-bond donors (Lipinski definition) is 1. The first-order chi connectivity index (χ1) is 6.73. The summed E-state index contributed by atoms with van der Waals surface area (Å²) < 4.78 is 49.3. The van der Waals surface area contributed by atoms with Gasteiger partial charge in [-0.25, -0.2) is 4.39 Å². The summed E-state index contributed by atoms with van der Waals surface area (Å²) in [5.74, 6) is -1.70. The lowest BCUT2D eigenvalue weighted by atomic mass is 10.1. The standard InChI is InChI=1S/C7H4F4N2O2/c8-6-4(7(9,10)11)1-3(13(14)15)2-5(6)12/h1-2H,12H2. The van der Waals surface area contributed by atoms with E-state index in [-0.39, 0.29) is 6.07 Å². The van der Waals surface area contributed by atoms with Gasteiger partial charge in [0.05, 0.1) is 10.6 Å². The Hall–Kier alpha value is -1.86. The highest BCUT2D eigenvalue weighted by atomic mass is 19.4. The zero-order chi connectivity index (χ0) is 11.8. The van der Waals surface area contributed by atoms with E-state index in [0.29, 0.717) is 6.07 Å². The van der Waals surface area contributed by atoms with E-state index in [1.54, 1.807) is 0 Å². The molecule has 0 atom stereocenters. The number of alkyl halides is 3. The van der Waals surface area contributed by atoms with E-state index in [0.717, 1.165) is 0 Å². The van der Waals surface area contributed by atoms with E-state index in [9.17, 15) is 27.7 Å². The molecule has 15 heavy (non-hydrogen) atoms. The van der Waals surface area contributed by atoms with Gasteiger partial charge >= 0.3 is 6.18 Å². The van der Waals surface area contributed by atoms with Crippen molar-refractivity contribution >= 4 is 11.4 Å². The van der Waals surface area contributed by atoms with Crippen molar-refractivity contribution < 1.29 is 22.5 Å². The number of nitrogen functional groups attached to an aromatic ring is 1. The first-order valence-corrected chi connectivity index (χ1v) is 3.54. The molecule has 1 aromatic carbocycles. The summed E-state index contributed by atoms with van der Waals surface area (Å²) in [4.78, 5) is 9.13. The van der Waals surface area contributed by atoms with E-state index in [4.69, 9.17) is 5.73 Å². The summed E-state index contributed by atoms with van der Waals surface area (Å²) in [5.41, 5.74) is 1.33. The van der Waals surface area contributed by atoms with Gasteiger partial charge in [-0.2, -0.15) is 13.2 Å². The Morgan fingerprint density at radius 1 is 1.33 bits per heavy atom. The van der Waals surface area contributed by atoms with Crippen LogP contribution in [0.1, 0.15) is 5.56 Å². The third-order valence-electron chi connectivity index (χ3n) is 1.60. The lowest BCUT2D eigenvalue weighted by molar-refractivity contribution is -0.385. The highest BCUT2D eigenvalue weighted by Crippen LogP contribution is 2.35. The minimum Gasteiger partial charge on any atom is -0.396 e. The average molecular weight is 224 g/mol. The third-order valence-corrected chi connectivity index (χ3v) is 1.60. The third kappa shape index (κ3) is 2.14. The monoisotopic (exact) mass is 224 g/mol. The minimum absolute atomic E-state index is 0.103. The van der Waals surface area contributed by atoms with Crippen molar-refractivity contribution in [2.75, 3.05) is 5.73 Å². The van der Waals surface area contributed by atoms with Crippen LogP contribution >= 0.6 is 0 Å². The molecule has 4 nitrogen and oxygen atoms in total. The van der Waals surface area contributed by atoms with E-state index in [1.807, 2.05) is 0 Å². The van der Waals surface area contributed by atoms with Crippen LogP contribution in [-0.2, 0) is 6.18 Å². The first kappa shape index (κ1) is 11.2. The predicted molar refractivity (Wildman–Crippen MR) is 42.5 cm³/mol. The first-order valence-electron chi connectivity index (χ1n) is 3.54. The van der Waals surface area contributed by atoms with Crippen LogP contribution in [0.2, 0.25) is 0 Å². The summed E-state index contributed by atoms with van der Waals surface area (Å²) in [5, 5.41) is 10.2. The van der Waals surface area contributed by atoms with Gasteiger partial charge in [0.25, 0.3) is 5.69 Å². The number of nitro groups is 1. The van der Waals surface area contributed by atoms with E-state index in [1.165, 1.54) is 0 Å². The van der Waals surface area contributed by atoms with Crippen LogP contribution in [0.15, 0.2) is 12.1 Å². The highest BCUT2D eigenvalue weighted by molar-refractivity contribution is 5.53. The molecule has 1 aromatic rings. The second-order valence-electron chi connectivity index (χ2n) is 2.65. The zero-order valence-corrected chi connectivity index (χ0v) is 7.01. The molecule has 0 aliphatic rings. The van der Waals surface area contributed by atoms with Gasteiger partial charge in [-0.1, -0.05) is 0 Å². The van der Waals surface area contributed by atoms with Crippen LogP contribution in [-0.4, -0.2) is 4.92 Å². The van der Waals surface area contributed by atoms with Crippen LogP contribution in [0.4, 0.5) is 28.9 Å². The number of benzene rings is 1. The highest BCUT2D eigenvalue weighted by Gasteiger charge is 2.36.